The number of esters is 1. The Morgan fingerprint density at radius 2 is 1.72 bits per heavy atom. The predicted octanol–water partition coefficient (Wildman–Crippen LogP) is 2.00. The van der Waals surface area contributed by atoms with Crippen LogP contribution in [0.1, 0.15) is 51.4 Å². The summed E-state index contributed by atoms with van der Waals surface area (Å²) in [5.74, 6) is 0.0661. The molecule has 2 unspecified atom stereocenters. The fourth-order valence-corrected chi connectivity index (χ4v) is 3.04. The van der Waals surface area contributed by atoms with Crippen LogP contribution in [-0.4, -0.2) is 31.3 Å². The van der Waals surface area contributed by atoms with Gasteiger partial charge >= 0.3 is 5.97 Å². The molecule has 2 N–H and O–H groups in total. The molecule has 2 aliphatic carbocycles. The fraction of sp³-hybridized carbons (Fsp3) is 0.929. The first kappa shape index (κ1) is 13.8. The number of hydrogen-bond acceptors (Lipinski definition) is 4. The lowest BCUT2D eigenvalue weighted by atomic mass is 9.86. The molecular weight excluding hydrogens is 230 g/mol. The van der Waals surface area contributed by atoms with Crippen molar-refractivity contribution in [2.45, 2.75) is 69.6 Å². The highest BCUT2D eigenvalue weighted by molar-refractivity contribution is 5.72. The first-order valence-corrected chi connectivity index (χ1v) is 7.18. The second-order valence-corrected chi connectivity index (χ2v) is 5.69. The molecule has 2 fully saturated rings. The standard InChI is InChI=1S/C14H25NO3/c1-17-12-3-2-4-13(9-12)18-14(16)10-5-7-11(15)8-6-10/h10-13H,2-9,15H2,1H3. The predicted molar refractivity (Wildman–Crippen MR) is 69.1 cm³/mol. The monoisotopic (exact) mass is 255 g/mol. The van der Waals surface area contributed by atoms with E-state index in [1.54, 1.807) is 7.11 Å². The molecule has 0 radical (unpaired) electrons. The van der Waals surface area contributed by atoms with Crippen molar-refractivity contribution in [3.05, 3.63) is 0 Å². The molecule has 0 aromatic heterocycles. The highest BCUT2D eigenvalue weighted by Crippen LogP contribution is 2.28. The molecule has 0 spiro atoms. The van der Waals surface area contributed by atoms with E-state index in [9.17, 15) is 4.79 Å². The Bertz CT molecular complexity index is 274. The van der Waals surface area contributed by atoms with Crippen LogP contribution in [0.15, 0.2) is 0 Å². The lowest BCUT2D eigenvalue weighted by Gasteiger charge is -2.30. The number of ether oxygens (including phenoxy) is 2. The van der Waals surface area contributed by atoms with Crippen LogP contribution in [0, 0.1) is 5.92 Å². The van der Waals surface area contributed by atoms with Crippen molar-refractivity contribution in [3.63, 3.8) is 0 Å². The molecule has 18 heavy (non-hydrogen) atoms. The second-order valence-electron chi connectivity index (χ2n) is 5.69. The zero-order valence-corrected chi connectivity index (χ0v) is 11.3. The lowest BCUT2D eigenvalue weighted by Crippen LogP contribution is -2.34. The summed E-state index contributed by atoms with van der Waals surface area (Å²) in [6, 6.07) is 0.279. The molecule has 2 aliphatic rings. The van der Waals surface area contributed by atoms with Crippen LogP contribution in [0.5, 0.6) is 0 Å². The first-order chi connectivity index (χ1) is 8.69. The Kier molecular flexibility index (Phi) is 5.01. The Labute approximate surface area is 109 Å². The van der Waals surface area contributed by atoms with Crippen LogP contribution in [-0.2, 0) is 14.3 Å². The Balaban J connectivity index is 1.76. The summed E-state index contributed by atoms with van der Waals surface area (Å²) < 4.78 is 11.0. The molecule has 2 atom stereocenters. The van der Waals surface area contributed by atoms with Gasteiger partial charge in [0.15, 0.2) is 0 Å². The van der Waals surface area contributed by atoms with Gasteiger partial charge < -0.3 is 15.2 Å². The zero-order valence-electron chi connectivity index (χ0n) is 11.3. The summed E-state index contributed by atoms with van der Waals surface area (Å²) in [6.45, 7) is 0. The molecule has 0 amide bonds. The smallest absolute Gasteiger partial charge is 0.309 e. The number of rotatable bonds is 3. The molecule has 4 heteroatoms. The van der Waals surface area contributed by atoms with E-state index in [4.69, 9.17) is 15.2 Å². The summed E-state index contributed by atoms with van der Waals surface area (Å²) in [4.78, 5) is 12.1. The van der Waals surface area contributed by atoms with Gasteiger partial charge in [0.2, 0.25) is 0 Å². The molecule has 0 bridgehead atoms. The van der Waals surface area contributed by atoms with Crippen molar-refractivity contribution in [1.82, 2.24) is 0 Å². The lowest BCUT2D eigenvalue weighted by molar-refractivity contribution is -0.158. The molecule has 0 aromatic carbocycles. The van der Waals surface area contributed by atoms with Gasteiger partial charge in [-0.05, 0) is 44.9 Å². The van der Waals surface area contributed by atoms with Crippen LogP contribution < -0.4 is 5.73 Å². The summed E-state index contributed by atoms with van der Waals surface area (Å²) in [5, 5.41) is 0. The number of carbonyl (C=O) groups excluding carboxylic acids is 1. The van der Waals surface area contributed by atoms with Crippen LogP contribution in [0.4, 0.5) is 0 Å². The van der Waals surface area contributed by atoms with Gasteiger partial charge in [-0.25, -0.2) is 0 Å². The maximum atomic E-state index is 12.1. The molecule has 0 aliphatic heterocycles. The van der Waals surface area contributed by atoms with E-state index in [0.717, 1.165) is 51.4 Å². The molecule has 4 nitrogen and oxygen atoms in total. The number of carbonyl (C=O) groups is 1. The molecule has 0 aromatic rings. The quantitative estimate of drug-likeness (QED) is 0.784. The van der Waals surface area contributed by atoms with E-state index < -0.39 is 0 Å². The molecule has 0 heterocycles. The van der Waals surface area contributed by atoms with Crippen LogP contribution >= 0.6 is 0 Å². The minimum absolute atomic E-state index is 0.0105. The van der Waals surface area contributed by atoms with Crippen molar-refractivity contribution in [3.8, 4) is 0 Å². The summed E-state index contributed by atoms with van der Waals surface area (Å²) >= 11 is 0. The highest BCUT2D eigenvalue weighted by atomic mass is 16.5. The minimum atomic E-state index is -0.0105. The zero-order chi connectivity index (χ0) is 13.0. The van der Waals surface area contributed by atoms with Gasteiger partial charge in [-0.15, -0.1) is 0 Å². The third-order valence-electron chi connectivity index (χ3n) is 4.30. The van der Waals surface area contributed by atoms with Crippen LogP contribution in [0.2, 0.25) is 0 Å². The molecular formula is C14H25NO3. The largest absolute Gasteiger partial charge is 0.462 e. The van der Waals surface area contributed by atoms with E-state index in [1.807, 2.05) is 0 Å². The van der Waals surface area contributed by atoms with E-state index in [2.05, 4.69) is 0 Å². The summed E-state index contributed by atoms with van der Waals surface area (Å²) in [5.41, 5.74) is 5.85. The fourth-order valence-electron chi connectivity index (χ4n) is 3.04. The third kappa shape index (κ3) is 3.69. The first-order valence-electron chi connectivity index (χ1n) is 7.18. The average molecular weight is 255 g/mol. The Morgan fingerprint density at radius 3 is 2.39 bits per heavy atom. The normalized spacial score (nSPS) is 37.2. The van der Waals surface area contributed by atoms with Gasteiger partial charge in [0, 0.05) is 19.6 Å². The van der Waals surface area contributed by atoms with Crippen molar-refractivity contribution >= 4 is 5.97 Å². The van der Waals surface area contributed by atoms with Crippen molar-refractivity contribution in [1.29, 1.82) is 0 Å². The van der Waals surface area contributed by atoms with E-state index in [-0.39, 0.29) is 30.1 Å². The Morgan fingerprint density at radius 1 is 1.06 bits per heavy atom. The molecule has 104 valence electrons. The van der Waals surface area contributed by atoms with Crippen molar-refractivity contribution in [2.24, 2.45) is 11.7 Å². The molecule has 0 saturated heterocycles. The average Bonchev–Trinajstić information content (AvgIpc) is 2.39. The third-order valence-corrected chi connectivity index (χ3v) is 4.30. The van der Waals surface area contributed by atoms with Crippen LogP contribution in [0.3, 0.4) is 0 Å². The van der Waals surface area contributed by atoms with E-state index >= 15 is 0 Å². The van der Waals surface area contributed by atoms with Crippen molar-refractivity contribution in [2.75, 3.05) is 7.11 Å². The van der Waals surface area contributed by atoms with Gasteiger partial charge in [-0.2, -0.15) is 0 Å². The van der Waals surface area contributed by atoms with E-state index in [0.29, 0.717) is 0 Å². The molecule has 2 saturated carbocycles. The van der Waals surface area contributed by atoms with Gasteiger partial charge in [0.25, 0.3) is 0 Å². The van der Waals surface area contributed by atoms with Gasteiger partial charge in [-0.3, -0.25) is 4.79 Å². The van der Waals surface area contributed by atoms with Gasteiger partial charge in [0.05, 0.1) is 12.0 Å². The number of methoxy groups -OCH3 is 1. The summed E-state index contributed by atoms with van der Waals surface area (Å²) in [7, 11) is 1.73. The van der Waals surface area contributed by atoms with E-state index in [1.165, 1.54) is 0 Å². The maximum Gasteiger partial charge on any atom is 0.309 e. The molecule has 2 rings (SSSR count). The SMILES string of the molecule is COC1CCCC(OC(=O)C2CCC(N)CC2)C1. The second kappa shape index (κ2) is 6.53. The van der Waals surface area contributed by atoms with Crippen molar-refractivity contribution < 1.29 is 14.3 Å². The van der Waals surface area contributed by atoms with Crippen LogP contribution in [0.25, 0.3) is 0 Å². The summed E-state index contributed by atoms with van der Waals surface area (Å²) in [6.07, 6.45) is 8.02. The van der Waals surface area contributed by atoms with Gasteiger partial charge in [0.1, 0.15) is 6.10 Å². The minimum Gasteiger partial charge on any atom is -0.462 e. The topological polar surface area (TPSA) is 61.5 Å². The number of nitrogens with two attached hydrogens (primary N) is 1. The number of hydrogen-bond donors (Lipinski definition) is 1. The maximum absolute atomic E-state index is 12.1. The van der Waals surface area contributed by atoms with Gasteiger partial charge in [-0.1, -0.05) is 0 Å². The highest BCUT2D eigenvalue weighted by Gasteiger charge is 2.30. The Hall–Kier alpha value is -0.610.